The van der Waals surface area contributed by atoms with Gasteiger partial charge in [-0.15, -0.1) is 0 Å². The number of nitrogens with one attached hydrogen (secondary N) is 1. The lowest BCUT2D eigenvalue weighted by Gasteiger charge is -2.10. The van der Waals surface area contributed by atoms with Gasteiger partial charge in [0.2, 0.25) is 0 Å². The van der Waals surface area contributed by atoms with Gasteiger partial charge in [0.1, 0.15) is 11.5 Å². The number of hydrogen-bond acceptors (Lipinski definition) is 3. The first-order valence-corrected chi connectivity index (χ1v) is 9.63. The average molecular weight is 393 g/mol. The van der Waals surface area contributed by atoms with Crippen molar-refractivity contribution in [1.29, 1.82) is 0 Å². The third-order valence-corrected chi connectivity index (χ3v) is 4.44. The SMILES string of the molecule is C=C/C=C(\C=C)Oc1cccc(CNC(=O)C(/C=C\C(C)=C(C)CC)=C(/C)N)c1. The molecule has 0 radical (unpaired) electrons. The first-order chi connectivity index (χ1) is 13.8. The van der Waals surface area contributed by atoms with E-state index in [1.54, 1.807) is 31.2 Å². The highest BCUT2D eigenvalue weighted by atomic mass is 16.5. The molecule has 0 heterocycles. The van der Waals surface area contributed by atoms with Crippen LogP contribution >= 0.6 is 0 Å². The van der Waals surface area contributed by atoms with Gasteiger partial charge in [-0.1, -0.05) is 55.5 Å². The molecule has 0 atom stereocenters. The Kier molecular flexibility index (Phi) is 10.0. The molecule has 1 amide bonds. The van der Waals surface area contributed by atoms with E-state index in [0.717, 1.165) is 17.6 Å². The Morgan fingerprint density at radius 1 is 1.21 bits per heavy atom. The van der Waals surface area contributed by atoms with E-state index in [2.05, 4.69) is 32.3 Å². The summed E-state index contributed by atoms with van der Waals surface area (Å²) in [5, 5.41) is 2.92. The molecule has 0 saturated carbocycles. The van der Waals surface area contributed by atoms with E-state index in [0.29, 0.717) is 29.3 Å². The van der Waals surface area contributed by atoms with Crippen LogP contribution in [0.2, 0.25) is 0 Å². The van der Waals surface area contributed by atoms with Crippen LogP contribution < -0.4 is 15.8 Å². The van der Waals surface area contributed by atoms with Crippen molar-refractivity contribution in [3.63, 3.8) is 0 Å². The van der Waals surface area contributed by atoms with Gasteiger partial charge in [0, 0.05) is 12.2 Å². The first-order valence-electron chi connectivity index (χ1n) is 9.63. The molecule has 0 aliphatic heterocycles. The predicted octanol–water partition coefficient (Wildman–Crippen LogP) is 5.47. The molecule has 0 unspecified atom stereocenters. The number of benzene rings is 1. The zero-order chi connectivity index (χ0) is 21.8. The van der Waals surface area contributed by atoms with Crippen molar-refractivity contribution < 1.29 is 9.53 Å². The van der Waals surface area contributed by atoms with Gasteiger partial charge in [0.15, 0.2) is 0 Å². The van der Waals surface area contributed by atoms with Gasteiger partial charge in [-0.05, 0) is 63.1 Å². The summed E-state index contributed by atoms with van der Waals surface area (Å²) in [6.07, 6.45) is 9.65. The minimum absolute atomic E-state index is 0.215. The van der Waals surface area contributed by atoms with E-state index in [-0.39, 0.29) is 5.91 Å². The van der Waals surface area contributed by atoms with Crippen molar-refractivity contribution in [3.8, 4) is 5.75 Å². The molecule has 1 aromatic rings. The molecule has 29 heavy (non-hydrogen) atoms. The Balaban J connectivity index is 2.87. The lowest BCUT2D eigenvalue weighted by molar-refractivity contribution is -0.117. The maximum Gasteiger partial charge on any atom is 0.253 e. The van der Waals surface area contributed by atoms with Gasteiger partial charge in [-0.3, -0.25) is 4.79 Å². The molecule has 154 valence electrons. The minimum atomic E-state index is -0.215. The molecule has 1 rings (SSSR count). The predicted molar refractivity (Wildman–Crippen MR) is 122 cm³/mol. The second kappa shape index (κ2) is 12.2. The Morgan fingerprint density at radius 3 is 2.52 bits per heavy atom. The van der Waals surface area contributed by atoms with Crippen LogP contribution in [0.4, 0.5) is 0 Å². The molecule has 4 heteroatoms. The fraction of sp³-hybridized carbons (Fsp3) is 0.240. The molecule has 4 nitrogen and oxygen atoms in total. The molecule has 0 saturated heterocycles. The lowest BCUT2D eigenvalue weighted by Crippen LogP contribution is -2.25. The maximum absolute atomic E-state index is 12.6. The zero-order valence-corrected chi connectivity index (χ0v) is 17.9. The van der Waals surface area contributed by atoms with Crippen LogP contribution in [0.15, 0.2) is 96.0 Å². The summed E-state index contributed by atoms with van der Waals surface area (Å²) in [4.78, 5) is 12.6. The highest BCUT2D eigenvalue weighted by molar-refractivity contribution is 5.96. The third-order valence-electron chi connectivity index (χ3n) is 4.44. The molecular weight excluding hydrogens is 360 g/mol. The summed E-state index contributed by atoms with van der Waals surface area (Å²) in [6, 6.07) is 7.50. The van der Waals surface area contributed by atoms with E-state index in [9.17, 15) is 4.79 Å². The molecule has 0 spiro atoms. The van der Waals surface area contributed by atoms with E-state index in [1.807, 2.05) is 37.3 Å². The van der Waals surface area contributed by atoms with Crippen molar-refractivity contribution >= 4 is 5.91 Å². The number of allylic oxidation sites excluding steroid dienone is 7. The van der Waals surface area contributed by atoms with E-state index < -0.39 is 0 Å². The second-order valence-electron chi connectivity index (χ2n) is 6.69. The molecule has 0 aromatic heterocycles. The van der Waals surface area contributed by atoms with Crippen LogP contribution in [0.1, 0.15) is 39.7 Å². The van der Waals surface area contributed by atoms with Crippen molar-refractivity contribution in [3.05, 3.63) is 102 Å². The zero-order valence-electron chi connectivity index (χ0n) is 17.9. The molecule has 0 bridgehead atoms. The van der Waals surface area contributed by atoms with Gasteiger partial charge in [0.25, 0.3) is 5.91 Å². The van der Waals surface area contributed by atoms with Crippen LogP contribution in [-0.4, -0.2) is 5.91 Å². The lowest BCUT2D eigenvalue weighted by atomic mass is 10.1. The molecule has 3 N–H and O–H groups in total. The Morgan fingerprint density at radius 2 is 1.93 bits per heavy atom. The van der Waals surface area contributed by atoms with Crippen LogP contribution in [0, 0.1) is 0 Å². The highest BCUT2D eigenvalue weighted by Gasteiger charge is 2.09. The molecule has 0 aliphatic rings. The topological polar surface area (TPSA) is 64.3 Å². The summed E-state index contributed by atoms with van der Waals surface area (Å²) < 4.78 is 5.75. The smallest absolute Gasteiger partial charge is 0.253 e. The molecule has 0 fully saturated rings. The van der Waals surface area contributed by atoms with Gasteiger partial charge in [-0.25, -0.2) is 0 Å². The molecule has 0 aliphatic carbocycles. The number of carbonyl (C=O) groups is 1. The number of carbonyl (C=O) groups excluding carboxylic acids is 1. The van der Waals surface area contributed by atoms with Gasteiger partial charge in [-0.2, -0.15) is 0 Å². The normalized spacial score (nSPS) is 13.4. The number of amides is 1. The Bertz CT molecular complexity index is 867. The quantitative estimate of drug-likeness (QED) is 0.315. The molecule has 1 aromatic carbocycles. The summed E-state index contributed by atoms with van der Waals surface area (Å²) in [6.45, 7) is 15.7. The first kappa shape index (κ1) is 23.8. The highest BCUT2D eigenvalue weighted by Crippen LogP contribution is 2.17. The minimum Gasteiger partial charge on any atom is -0.457 e. The monoisotopic (exact) mass is 392 g/mol. The van der Waals surface area contributed by atoms with E-state index in [1.165, 1.54) is 5.57 Å². The summed E-state index contributed by atoms with van der Waals surface area (Å²) >= 11 is 0. The second-order valence-corrected chi connectivity index (χ2v) is 6.69. The van der Waals surface area contributed by atoms with Gasteiger partial charge < -0.3 is 15.8 Å². The number of hydrogen-bond donors (Lipinski definition) is 2. The Labute approximate surface area is 174 Å². The largest absolute Gasteiger partial charge is 0.457 e. The number of nitrogens with two attached hydrogens (primary N) is 1. The van der Waals surface area contributed by atoms with Crippen molar-refractivity contribution in [2.75, 3.05) is 0 Å². The fourth-order valence-electron chi connectivity index (χ4n) is 2.41. The van der Waals surface area contributed by atoms with Crippen LogP contribution in [0.25, 0.3) is 0 Å². The van der Waals surface area contributed by atoms with E-state index in [4.69, 9.17) is 10.5 Å². The third kappa shape index (κ3) is 8.09. The van der Waals surface area contributed by atoms with Gasteiger partial charge in [0.05, 0.1) is 5.57 Å². The van der Waals surface area contributed by atoms with Crippen molar-refractivity contribution in [2.45, 2.75) is 40.7 Å². The van der Waals surface area contributed by atoms with Gasteiger partial charge >= 0.3 is 0 Å². The van der Waals surface area contributed by atoms with Crippen molar-refractivity contribution in [1.82, 2.24) is 5.32 Å². The summed E-state index contributed by atoms with van der Waals surface area (Å²) in [7, 11) is 0. The average Bonchev–Trinajstić information content (AvgIpc) is 2.71. The maximum atomic E-state index is 12.6. The standard InChI is InChI=1S/C25H32N2O2/c1-7-11-22(9-3)29-23-13-10-12-21(16-23)17-27-25(28)24(20(6)26)15-14-19(5)18(4)8-2/h7,9-16H,1,3,8,17,26H2,2,4-6H3,(H,27,28)/b15-14-,19-18?,22-11+,24-20-. The fourth-order valence-corrected chi connectivity index (χ4v) is 2.41. The summed E-state index contributed by atoms with van der Waals surface area (Å²) in [5.41, 5.74) is 10.2. The van der Waals surface area contributed by atoms with Crippen LogP contribution in [0.3, 0.4) is 0 Å². The van der Waals surface area contributed by atoms with E-state index >= 15 is 0 Å². The Hall–Kier alpha value is -3.27. The van der Waals surface area contributed by atoms with Crippen LogP contribution in [0.5, 0.6) is 5.75 Å². The number of rotatable bonds is 10. The number of ether oxygens (including phenoxy) is 1. The van der Waals surface area contributed by atoms with Crippen molar-refractivity contribution in [2.24, 2.45) is 5.73 Å². The molecular formula is C25H32N2O2. The van der Waals surface area contributed by atoms with Crippen LogP contribution in [-0.2, 0) is 11.3 Å². The summed E-state index contributed by atoms with van der Waals surface area (Å²) in [5.74, 6) is 1.04.